The van der Waals surface area contributed by atoms with E-state index in [1.807, 2.05) is 0 Å². The fourth-order valence-corrected chi connectivity index (χ4v) is 2.95. The van der Waals surface area contributed by atoms with Crippen LogP contribution in [-0.4, -0.2) is 11.8 Å². The second kappa shape index (κ2) is 6.55. The Kier molecular flexibility index (Phi) is 4.45. The largest absolute Gasteiger partial charge is 0.320 e. The lowest BCUT2D eigenvalue weighted by molar-refractivity contribution is -0.113. The van der Waals surface area contributed by atoms with Gasteiger partial charge in [0.2, 0.25) is 0 Å². The topological polar surface area (TPSA) is 82.0 Å². The first kappa shape index (κ1) is 17.0. The molecule has 0 unspecified atom stereocenters. The van der Waals surface area contributed by atoms with Crippen molar-refractivity contribution in [1.29, 1.82) is 5.26 Å². The first-order valence-corrected chi connectivity index (χ1v) is 7.69. The van der Waals surface area contributed by atoms with E-state index in [2.05, 4.69) is 10.6 Å². The molecule has 0 atom stereocenters. The molecule has 0 saturated heterocycles. The summed E-state index contributed by atoms with van der Waals surface area (Å²) in [6, 6.07) is 10.0. The fourth-order valence-electron chi connectivity index (χ4n) is 2.41. The highest BCUT2D eigenvalue weighted by Gasteiger charge is 2.32. The van der Waals surface area contributed by atoms with Gasteiger partial charge in [-0.05, 0) is 24.3 Å². The Hall–Kier alpha value is -2.88. The van der Waals surface area contributed by atoms with E-state index >= 15 is 0 Å². The molecule has 124 valence electrons. The molecule has 8 heteroatoms. The normalized spacial score (nSPS) is 14.4. The third-order valence-corrected chi connectivity index (χ3v) is 4.02. The molecule has 1 aliphatic heterocycles. The van der Waals surface area contributed by atoms with Crippen LogP contribution in [0.15, 0.2) is 42.0 Å². The fraction of sp³-hybridized carbons (Fsp3) is 0. The molecule has 0 aromatic heterocycles. The minimum Gasteiger partial charge on any atom is -0.320 e. The molecule has 2 amide bonds. The van der Waals surface area contributed by atoms with Crippen LogP contribution in [0.1, 0.15) is 5.56 Å². The molecular formula is C17H8Cl2FN3O2. The first-order valence-electron chi connectivity index (χ1n) is 6.93. The third-order valence-electron chi connectivity index (χ3n) is 3.50. The molecule has 0 saturated carbocycles. The summed E-state index contributed by atoms with van der Waals surface area (Å²) >= 11 is 12.0. The zero-order valence-corrected chi connectivity index (χ0v) is 13.9. The van der Waals surface area contributed by atoms with Crippen LogP contribution in [0.3, 0.4) is 0 Å². The average Bonchev–Trinajstić information content (AvgIpc) is 2.88. The van der Waals surface area contributed by atoms with Gasteiger partial charge in [-0.2, -0.15) is 5.26 Å². The van der Waals surface area contributed by atoms with Crippen molar-refractivity contribution in [3.63, 3.8) is 0 Å². The predicted octanol–water partition coefficient (Wildman–Crippen LogP) is 4.00. The van der Waals surface area contributed by atoms with E-state index < -0.39 is 23.2 Å². The number of amides is 2. The van der Waals surface area contributed by atoms with Gasteiger partial charge >= 0.3 is 0 Å². The van der Waals surface area contributed by atoms with Gasteiger partial charge in [-0.3, -0.25) is 9.59 Å². The molecule has 3 rings (SSSR count). The van der Waals surface area contributed by atoms with Gasteiger partial charge < -0.3 is 10.6 Å². The Morgan fingerprint density at radius 1 is 1.24 bits per heavy atom. The Labute approximate surface area is 151 Å². The minimum atomic E-state index is -0.915. The first-order chi connectivity index (χ1) is 11.9. The quantitative estimate of drug-likeness (QED) is 0.614. The number of carbonyl (C=O) groups excluding carboxylic acids is 2. The summed E-state index contributed by atoms with van der Waals surface area (Å²) in [7, 11) is 0. The number of halogens is 3. The van der Waals surface area contributed by atoms with Crippen LogP contribution >= 0.6 is 23.2 Å². The van der Waals surface area contributed by atoms with Crippen LogP contribution < -0.4 is 10.6 Å². The van der Waals surface area contributed by atoms with Crippen LogP contribution in [-0.2, 0) is 9.59 Å². The van der Waals surface area contributed by atoms with Crippen molar-refractivity contribution in [2.75, 3.05) is 10.6 Å². The number of hydrogen-bond acceptors (Lipinski definition) is 3. The summed E-state index contributed by atoms with van der Waals surface area (Å²) in [5, 5.41) is 14.6. The Balaban J connectivity index is 2.09. The third kappa shape index (κ3) is 3.07. The minimum absolute atomic E-state index is 0.108. The van der Waals surface area contributed by atoms with Crippen LogP contribution in [0, 0.1) is 17.1 Å². The number of rotatable bonds is 2. The molecule has 0 fully saturated rings. The van der Waals surface area contributed by atoms with Gasteiger partial charge in [-0.1, -0.05) is 35.3 Å². The van der Waals surface area contributed by atoms with Gasteiger partial charge in [0.25, 0.3) is 11.8 Å². The molecule has 2 N–H and O–H groups in total. The number of fused-ring (bicyclic) bond motifs is 1. The molecule has 2 aromatic carbocycles. The molecule has 0 aliphatic carbocycles. The second-order valence-electron chi connectivity index (χ2n) is 5.06. The monoisotopic (exact) mass is 375 g/mol. The average molecular weight is 376 g/mol. The maximum absolute atomic E-state index is 13.7. The van der Waals surface area contributed by atoms with Crippen molar-refractivity contribution < 1.29 is 14.0 Å². The lowest BCUT2D eigenvalue weighted by atomic mass is 10.0. The van der Waals surface area contributed by atoms with E-state index in [0.717, 1.165) is 6.07 Å². The molecule has 2 aromatic rings. The Bertz CT molecular complexity index is 996. The van der Waals surface area contributed by atoms with Gasteiger partial charge in [-0.15, -0.1) is 0 Å². The number of carbonyl (C=O) groups is 2. The highest BCUT2D eigenvalue weighted by atomic mass is 35.5. The van der Waals surface area contributed by atoms with E-state index in [9.17, 15) is 19.2 Å². The van der Waals surface area contributed by atoms with Gasteiger partial charge in [0.1, 0.15) is 17.5 Å². The van der Waals surface area contributed by atoms with Gasteiger partial charge in [0.15, 0.2) is 0 Å². The van der Waals surface area contributed by atoms with Crippen molar-refractivity contribution in [3.8, 4) is 6.07 Å². The Morgan fingerprint density at radius 2 is 1.96 bits per heavy atom. The van der Waals surface area contributed by atoms with Crippen molar-refractivity contribution >= 4 is 52.0 Å². The van der Waals surface area contributed by atoms with Crippen LogP contribution in [0.4, 0.5) is 15.8 Å². The summed E-state index contributed by atoms with van der Waals surface area (Å²) in [6.07, 6.45) is 0. The zero-order chi connectivity index (χ0) is 18.1. The highest BCUT2D eigenvalue weighted by molar-refractivity contribution is 6.43. The lowest BCUT2D eigenvalue weighted by Gasteiger charge is -2.07. The van der Waals surface area contributed by atoms with E-state index in [0.29, 0.717) is 0 Å². The summed E-state index contributed by atoms with van der Waals surface area (Å²) in [4.78, 5) is 24.6. The SMILES string of the molecule is N#C/C(C(=O)Nc1ccccc1F)=C1\C(=O)Nc2c(Cl)cc(Cl)cc21. The molecule has 5 nitrogen and oxygen atoms in total. The van der Waals surface area contributed by atoms with Crippen molar-refractivity contribution in [2.45, 2.75) is 0 Å². The maximum atomic E-state index is 13.7. The molecular weight excluding hydrogens is 368 g/mol. The van der Waals surface area contributed by atoms with E-state index in [1.165, 1.54) is 30.3 Å². The van der Waals surface area contributed by atoms with Gasteiger partial charge in [-0.25, -0.2) is 4.39 Å². The summed E-state index contributed by atoms with van der Waals surface area (Å²) in [5.41, 5.74) is -0.252. The van der Waals surface area contributed by atoms with Crippen molar-refractivity contribution in [1.82, 2.24) is 0 Å². The number of para-hydroxylation sites is 1. The lowest BCUT2D eigenvalue weighted by Crippen LogP contribution is -2.18. The number of anilines is 2. The molecule has 0 bridgehead atoms. The van der Waals surface area contributed by atoms with Crippen LogP contribution in [0.25, 0.3) is 5.57 Å². The molecule has 0 spiro atoms. The second-order valence-corrected chi connectivity index (χ2v) is 5.90. The van der Waals surface area contributed by atoms with E-state index in [1.54, 1.807) is 6.07 Å². The number of nitrogens with one attached hydrogen (secondary N) is 2. The number of nitriles is 1. The summed E-state index contributed by atoms with van der Waals surface area (Å²) < 4.78 is 13.7. The zero-order valence-electron chi connectivity index (χ0n) is 12.4. The van der Waals surface area contributed by atoms with Gasteiger partial charge in [0.05, 0.1) is 22.0 Å². The highest BCUT2D eigenvalue weighted by Crippen LogP contribution is 2.40. The van der Waals surface area contributed by atoms with Crippen molar-refractivity contribution in [3.05, 3.63) is 63.4 Å². The molecule has 25 heavy (non-hydrogen) atoms. The summed E-state index contributed by atoms with van der Waals surface area (Å²) in [5.74, 6) is -2.25. The smallest absolute Gasteiger partial charge is 0.267 e. The van der Waals surface area contributed by atoms with Gasteiger partial charge in [0, 0.05) is 10.6 Å². The molecule has 0 radical (unpaired) electrons. The number of hydrogen-bond donors (Lipinski definition) is 2. The van der Waals surface area contributed by atoms with E-state index in [-0.39, 0.29) is 32.6 Å². The van der Waals surface area contributed by atoms with Crippen LogP contribution in [0.2, 0.25) is 10.0 Å². The van der Waals surface area contributed by atoms with Crippen LogP contribution in [0.5, 0.6) is 0 Å². The number of nitrogens with zero attached hydrogens (tertiary/aromatic N) is 1. The maximum Gasteiger partial charge on any atom is 0.267 e. The van der Waals surface area contributed by atoms with Crippen molar-refractivity contribution in [2.24, 2.45) is 0 Å². The molecule has 1 aliphatic rings. The predicted molar refractivity (Wildman–Crippen MR) is 92.7 cm³/mol. The standard InChI is InChI=1S/C17H8Cl2FN3O2/c18-8-5-9-14(17(25)23-15(9)11(19)6-8)10(7-21)16(24)22-13-4-2-1-3-12(13)20/h1-6H,(H,22,24)(H,23,25)/b14-10+. The summed E-state index contributed by atoms with van der Waals surface area (Å²) in [6.45, 7) is 0. The number of benzene rings is 2. The van der Waals surface area contributed by atoms with E-state index in [4.69, 9.17) is 23.2 Å². The Morgan fingerprint density at radius 3 is 2.64 bits per heavy atom. The molecule has 1 heterocycles.